The van der Waals surface area contributed by atoms with E-state index in [0.717, 1.165) is 87.5 Å². The fraction of sp³-hybridized carbons (Fsp3) is 0.154. The second kappa shape index (κ2) is 11.6. The van der Waals surface area contributed by atoms with E-state index in [1.54, 1.807) is 6.07 Å². The molecule has 58 heavy (non-hydrogen) atoms. The van der Waals surface area contributed by atoms with Crippen LogP contribution in [0.1, 0.15) is 63.8 Å². The summed E-state index contributed by atoms with van der Waals surface area (Å²) in [5, 5.41) is 30.0. The molecule has 4 aromatic heterocycles. The molecule has 0 N–H and O–H groups in total. The van der Waals surface area contributed by atoms with Crippen molar-refractivity contribution in [2.24, 2.45) is 0 Å². The Labute approximate surface area is 334 Å². The van der Waals surface area contributed by atoms with Crippen LogP contribution in [0.5, 0.6) is 0 Å². The highest BCUT2D eigenvalue weighted by molar-refractivity contribution is 6.25. The highest BCUT2D eigenvalue weighted by Crippen LogP contribution is 2.45. The second-order valence-corrected chi connectivity index (χ2v) is 17.6. The Hall–Kier alpha value is -7.28. The zero-order valence-electron chi connectivity index (χ0n) is 33.2. The van der Waals surface area contributed by atoms with Crippen LogP contribution >= 0.6 is 0 Å². The summed E-state index contributed by atoms with van der Waals surface area (Å²) in [5.74, 6) is 0. The van der Waals surface area contributed by atoms with Crippen molar-refractivity contribution in [3.05, 3.63) is 144 Å². The van der Waals surface area contributed by atoms with E-state index in [2.05, 4.69) is 136 Å². The van der Waals surface area contributed by atoms with E-state index in [9.17, 15) is 10.5 Å². The largest absolute Gasteiger partial charge is 0.455 e. The van der Waals surface area contributed by atoms with Crippen LogP contribution in [-0.2, 0) is 10.8 Å². The molecule has 6 nitrogen and oxygen atoms in total. The minimum Gasteiger partial charge on any atom is -0.455 e. The van der Waals surface area contributed by atoms with E-state index >= 15 is 0 Å². The lowest BCUT2D eigenvalue weighted by molar-refractivity contribution is 0.591. The van der Waals surface area contributed by atoms with Crippen LogP contribution in [0, 0.1) is 22.7 Å². The third-order valence-electron chi connectivity index (χ3n) is 12.1. The maximum Gasteiger partial charge on any atom is 0.145 e. The van der Waals surface area contributed by atoms with Crippen LogP contribution in [0.3, 0.4) is 0 Å². The molecule has 0 aliphatic heterocycles. The number of para-hydroxylation sites is 2. The summed E-state index contributed by atoms with van der Waals surface area (Å²) in [4.78, 5) is 0. The van der Waals surface area contributed by atoms with Crippen molar-refractivity contribution in [2.75, 3.05) is 0 Å². The average molecular weight is 751 g/mol. The van der Waals surface area contributed by atoms with Crippen LogP contribution in [0.4, 0.5) is 0 Å². The molecule has 0 saturated carbocycles. The molecule has 6 heteroatoms. The number of aromatic nitrogens is 2. The van der Waals surface area contributed by atoms with Crippen molar-refractivity contribution in [1.82, 2.24) is 9.13 Å². The smallest absolute Gasteiger partial charge is 0.145 e. The van der Waals surface area contributed by atoms with Crippen LogP contribution in [0.15, 0.2) is 130 Å². The standard InChI is InChI=1S/C52H38N4O2/c1-51(2,3)31-15-19-39-37(24-31)47-41(21-17-35-33-11-7-9-13-45(33)57-49(35)47)55(39)43-26-44(30(28-54)23-29(43)27-53)56-40-20-16-32(52(4,5)6)25-38(40)48-42(56)22-18-36-34-12-8-10-14-46(34)58-50(36)48/h7-26H,1-6H3. The Morgan fingerprint density at radius 3 is 1.26 bits per heavy atom. The van der Waals surface area contributed by atoms with Gasteiger partial charge in [-0.1, -0.05) is 90.1 Å². The first kappa shape index (κ1) is 34.0. The summed E-state index contributed by atoms with van der Waals surface area (Å²) in [7, 11) is 0. The zero-order valence-corrected chi connectivity index (χ0v) is 33.2. The first-order valence-electron chi connectivity index (χ1n) is 19.7. The van der Waals surface area contributed by atoms with Gasteiger partial charge < -0.3 is 18.0 Å². The molecule has 0 saturated heterocycles. The SMILES string of the molecule is CC(C)(C)c1ccc2c(c1)c1c3oc4ccccc4c3ccc1n2-c1cc(-n2c3ccc(C(C)(C)C)cc3c3c4oc5ccccc5c4ccc32)c(C#N)cc1C#N. The van der Waals surface area contributed by atoms with Crippen molar-refractivity contribution in [2.45, 2.75) is 52.4 Å². The van der Waals surface area contributed by atoms with Crippen molar-refractivity contribution >= 4 is 87.5 Å². The molecule has 278 valence electrons. The van der Waals surface area contributed by atoms with Gasteiger partial charge in [0.1, 0.15) is 34.5 Å². The third-order valence-corrected chi connectivity index (χ3v) is 12.1. The predicted octanol–water partition coefficient (Wildman–Crippen LogP) is 14.0. The molecular formula is C52H38N4O2. The van der Waals surface area contributed by atoms with Crippen molar-refractivity contribution in [1.29, 1.82) is 10.5 Å². The summed E-state index contributed by atoms with van der Waals surface area (Å²) >= 11 is 0. The van der Waals surface area contributed by atoms with Crippen LogP contribution in [0.2, 0.25) is 0 Å². The molecule has 7 aromatic carbocycles. The van der Waals surface area contributed by atoms with Gasteiger partial charge >= 0.3 is 0 Å². The molecule has 0 spiro atoms. The third kappa shape index (κ3) is 4.63. The molecular weight excluding hydrogens is 713 g/mol. The van der Waals surface area contributed by atoms with Crippen LogP contribution in [-0.4, -0.2) is 9.13 Å². The number of hydrogen-bond donors (Lipinski definition) is 0. The van der Waals surface area contributed by atoms with Gasteiger partial charge in [0.2, 0.25) is 0 Å². The van der Waals surface area contributed by atoms with Gasteiger partial charge in [0.25, 0.3) is 0 Å². The lowest BCUT2D eigenvalue weighted by atomic mass is 9.86. The summed E-state index contributed by atoms with van der Waals surface area (Å²) in [6.45, 7) is 13.3. The Balaban J connectivity index is 1.28. The van der Waals surface area contributed by atoms with Gasteiger partial charge in [-0.2, -0.15) is 10.5 Å². The maximum atomic E-state index is 10.8. The van der Waals surface area contributed by atoms with Gasteiger partial charge in [0.05, 0.1) is 55.3 Å². The van der Waals surface area contributed by atoms with Crippen LogP contribution in [0.25, 0.3) is 98.9 Å². The molecule has 4 heterocycles. The summed E-state index contributed by atoms with van der Waals surface area (Å²) < 4.78 is 17.7. The molecule has 0 fully saturated rings. The zero-order chi connectivity index (χ0) is 39.8. The number of nitrogens with zero attached hydrogens (tertiary/aromatic N) is 4. The number of rotatable bonds is 2. The molecule has 0 bridgehead atoms. The average Bonchev–Trinajstić information content (AvgIpc) is 3.96. The van der Waals surface area contributed by atoms with Gasteiger partial charge in [0, 0.05) is 32.3 Å². The fourth-order valence-electron chi connectivity index (χ4n) is 9.15. The van der Waals surface area contributed by atoms with Gasteiger partial charge in [0.15, 0.2) is 0 Å². The van der Waals surface area contributed by atoms with Gasteiger partial charge in [-0.3, -0.25) is 0 Å². The molecule has 11 aromatic rings. The molecule has 0 atom stereocenters. The first-order valence-corrected chi connectivity index (χ1v) is 19.7. The Morgan fingerprint density at radius 2 is 0.845 bits per heavy atom. The van der Waals surface area contributed by atoms with Crippen LogP contribution < -0.4 is 0 Å². The van der Waals surface area contributed by atoms with E-state index in [0.29, 0.717) is 22.5 Å². The van der Waals surface area contributed by atoms with Crippen molar-refractivity contribution < 1.29 is 8.83 Å². The van der Waals surface area contributed by atoms with E-state index in [1.165, 1.54) is 11.1 Å². The van der Waals surface area contributed by atoms with Gasteiger partial charge in [-0.15, -0.1) is 0 Å². The normalized spacial score (nSPS) is 12.6. The fourth-order valence-corrected chi connectivity index (χ4v) is 9.15. The summed E-state index contributed by atoms with van der Waals surface area (Å²) in [6, 6.07) is 46.8. The highest BCUT2D eigenvalue weighted by atomic mass is 16.3. The van der Waals surface area contributed by atoms with Gasteiger partial charge in [-0.25, -0.2) is 0 Å². The number of nitriles is 2. The first-order chi connectivity index (χ1) is 27.9. The molecule has 0 aliphatic carbocycles. The van der Waals surface area contributed by atoms with E-state index < -0.39 is 0 Å². The lowest BCUT2D eigenvalue weighted by Gasteiger charge is -2.20. The number of furan rings is 2. The number of hydrogen-bond acceptors (Lipinski definition) is 4. The predicted molar refractivity (Wildman–Crippen MR) is 237 cm³/mol. The second-order valence-electron chi connectivity index (χ2n) is 17.6. The molecule has 0 unspecified atom stereocenters. The Bertz CT molecular complexity index is 3430. The topological polar surface area (TPSA) is 83.7 Å². The van der Waals surface area contributed by atoms with Crippen molar-refractivity contribution in [3.63, 3.8) is 0 Å². The maximum absolute atomic E-state index is 10.8. The summed E-state index contributed by atoms with van der Waals surface area (Å²) in [5.41, 5.74) is 11.4. The van der Waals surface area contributed by atoms with E-state index in [1.807, 2.05) is 42.5 Å². The minimum absolute atomic E-state index is 0.0987. The summed E-state index contributed by atoms with van der Waals surface area (Å²) in [6.07, 6.45) is 0. The van der Waals surface area contributed by atoms with Gasteiger partial charge in [-0.05, 0) is 94.8 Å². The number of benzene rings is 7. The Morgan fingerprint density at radius 1 is 0.431 bits per heavy atom. The molecule has 0 radical (unpaired) electrons. The highest BCUT2D eigenvalue weighted by Gasteiger charge is 2.27. The van der Waals surface area contributed by atoms with E-state index in [4.69, 9.17) is 8.83 Å². The molecule has 0 amide bonds. The quantitative estimate of drug-likeness (QED) is 0.176. The minimum atomic E-state index is -0.0987. The van der Waals surface area contributed by atoms with E-state index in [-0.39, 0.29) is 10.8 Å². The Kier molecular flexibility index (Phi) is 6.82. The molecule has 0 aliphatic rings. The lowest BCUT2D eigenvalue weighted by Crippen LogP contribution is -2.10. The monoisotopic (exact) mass is 750 g/mol. The van der Waals surface area contributed by atoms with Crippen molar-refractivity contribution in [3.8, 4) is 23.5 Å². The molecule has 11 rings (SSSR count). The number of fused-ring (bicyclic) bond motifs is 14.